The average molecular weight is 289 g/mol. The highest BCUT2D eigenvalue weighted by atomic mass is 16.6. The number of carbonyl (C=O) groups excluding carboxylic acids is 1. The van der Waals surface area contributed by atoms with Crippen molar-refractivity contribution in [2.45, 2.75) is 32.8 Å². The molecule has 4 N–H and O–H groups in total. The number of nitrogens with two attached hydrogens (primary N) is 2. The fourth-order valence-electron chi connectivity index (χ4n) is 2.27. The summed E-state index contributed by atoms with van der Waals surface area (Å²) >= 11 is 0. The number of anilines is 2. The van der Waals surface area contributed by atoms with Gasteiger partial charge >= 0.3 is 6.09 Å². The number of nitrogens with zero attached hydrogens (tertiary/aromatic N) is 1. The lowest BCUT2D eigenvalue weighted by Crippen LogP contribution is -2.39. The molecule has 1 aromatic rings. The SMILES string of the molecule is CC(C)(C)OC(=O)N1CC=C(c2cccc(N)c2N)CC1. The molecule has 0 aliphatic carbocycles. The second kappa shape index (κ2) is 5.68. The van der Waals surface area contributed by atoms with Gasteiger partial charge in [-0.25, -0.2) is 4.79 Å². The minimum Gasteiger partial charge on any atom is -0.444 e. The van der Waals surface area contributed by atoms with E-state index in [1.165, 1.54) is 0 Å². The third kappa shape index (κ3) is 3.68. The highest BCUT2D eigenvalue weighted by molar-refractivity contribution is 5.83. The maximum absolute atomic E-state index is 12.0. The van der Waals surface area contributed by atoms with Crippen molar-refractivity contribution in [2.24, 2.45) is 0 Å². The number of hydrogen-bond acceptors (Lipinski definition) is 4. The van der Waals surface area contributed by atoms with Gasteiger partial charge in [0.1, 0.15) is 5.60 Å². The lowest BCUT2D eigenvalue weighted by Gasteiger charge is -2.30. The Morgan fingerprint density at radius 1 is 1.29 bits per heavy atom. The van der Waals surface area contributed by atoms with Crippen LogP contribution in [0, 0.1) is 0 Å². The fourth-order valence-corrected chi connectivity index (χ4v) is 2.27. The van der Waals surface area contributed by atoms with E-state index < -0.39 is 5.60 Å². The van der Waals surface area contributed by atoms with Crippen molar-refractivity contribution in [3.8, 4) is 0 Å². The molecule has 0 saturated carbocycles. The van der Waals surface area contributed by atoms with Crippen molar-refractivity contribution < 1.29 is 9.53 Å². The van der Waals surface area contributed by atoms with Crippen LogP contribution in [0.15, 0.2) is 24.3 Å². The topological polar surface area (TPSA) is 81.6 Å². The van der Waals surface area contributed by atoms with Crippen LogP contribution in [0.4, 0.5) is 16.2 Å². The quantitative estimate of drug-likeness (QED) is 0.779. The van der Waals surface area contributed by atoms with Crippen LogP contribution in [0.25, 0.3) is 5.57 Å². The largest absolute Gasteiger partial charge is 0.444 e. The monoisotopic (exact) mass is 289 g/mol. The van der Waals surface area contributed by atoms with Crippen LogP contribution < -0.4 is 11.5 Å². The first-order valence-electron chi connectivity index (χ1n) is 7.09. The summed E-state index contributed by atoms with van der Waals surface area (Å²) in [6.07, 6.45) is 2.48. The van der Waals surface area contributed by atoms with E-state index in [9.17, 15) is 4.79 Å². The van der Waals surface area contributed by atoms with Gasteiger partial charge in [-0.15, -0.1) is 0 Å². The van der Waals surface area contributed by atoms with Gasteiger partial charge in [0.05, 0.1) is 11.4 Å². The van der Waals surface area contributed by atoms with Crippen LogP contribution in [0.1, 0.15) is 32.8 Å². The molecule has 21 heavy (non-hydrogen) atoms. The zero-order chi connectivity index (χ0) is 15.6. The summed E-state index contributed by atoms with van der Waals surface area (Å²) < 4.78 is 5.37. The van der Waals surface area contributed by atoms with Crippen LogP contribution in [0.5, 0.6) is 0 Å². The number of benzene rings is 1. The molecule has 0 spiro atoms. The molecular weight excluding hydrogens is 266 g/mol. The summed E-state index contributed by atoms with van der Waals surface area (Å²) in [6.45, 7) is 6.74. The molecule has 1 aliphatic heterocycles. The molecular formula is C16H23N3O2. The molecule has 1 amide bonds. The van der Waals surface area contributed by atoms with Crippen molar-refractivity contribution in [3.63, 3.8) is 0 Å². The van der Waals surface area contributed by atoms with Crippen molar-refractivity contribution in [1.29, 1.82) is 0 Å². The average Bonchev–Trinajstić information content (AvgIpc) is 2.40. The molecule has 2 rings (SSSR count). The van der Waals surface area contributed by atoms with E-state index in [0.717, 1.165) is 17.6 Å². The second-order valence-corrected chi connectivity index (χ2v) is 6.21. The number of carbonyl (C=O) groups is 1. The predicted octanol–water partition coefficient (Wildman–Crippen LogP) is 2.88. The van der Waals surface area contributed by atoms with Crippen molar-refractivity contribution in [1.82, 2.24) is 4.90 Å². The maximum atomic E-state index is 12.0. The van der Waals surface area contributed by atoms with Gasteiger partial charge < -0.3 is 21.1 Å². The first-order valence-corrected chi connectivity index (χ1v) is 7.09. The van der Waals surface area contributed by atoms with Crippen molar-refractivity contribution >= 4 is 23.0 Å². The summed E-state index contributed by atoms with van der Waals surface area (Å²) in [7, 11) is 0. The third-order valence-electron chi connectivity index (χ3n) is 3.35. The Bertz CT molecular complexity index is 573. The molecule has 5 nitrogen and oxygen atoms in total. The zero-order valence-corrected chi connectivity index (χ0v) is 12.8. The Kier molecular flexibility index (Phi) is 4.11. The molecule has 0 aromatic heterocycles. The van der Waals surface area contributed by atoms with Crippen molar-refractivity contribution in [2.75, 3.05) is 24.6 Å². The smallest absolute Gasteiger partial charge is 0.410 e. The van der Waals surface area contributed by atoms with Gasteiger partial charge in [-0.1, -0.05) is 18.2 Å². The van der Waals surface area contributed by atoms with Crippen LogP contribution in [0.2, 0.25) is 0 Å². The van der Waals surface area contributed by atoms with Gasteiger partial charge in [-0.05, 0) is 38.8 Å². The van der Waals surface area contributed by atoms with Gasteiger partial charge in [-0.2, -0.15) is 0 Å². The van der Waals surface area contributed by atoms with E-state index >= 15 is 0 Å². The molecule has 0 radical (unpaired) electrons. The van der Waals surface area contributed by atoms with E-state index in [1.54, 1.807) is 11.0 Å². The lowest BCUT2D eigenvalue weighted by molar-refractivity contribution is 0.0270. The lowest BCUT2D eigenvalue weighted by atomic mass is 9.97. The number of hydrogen-bond donors (Lipinski definition) is 2. The predicted molar refractivity (Wildman–Crippen MR) is 85.7 cm³/mol. The van der Waals surface area contributed by atoms with Gasteiger partial charge in [-0.3, -0.25) is 0 Å². The van der Waals surface area contributed by atoms with Gasteiger partial charge in [0.25, 0.3) is 0 Å². The summed E-state index contributed by atoms with van der Waals surface area (Å²) in [5.41, 5.74) is 14.7. The van der Waals surface area contributed by atoms with Gasteiger partial charge in [0, 0.05) is 18.7 Å². The Morgan fingerprint density at radius 3 is 2.57 bits per heavy atom. The summed E-state index contributed by atoms with van der Waals surface area (Å²) in [5.74, 6) is 0. The molecule has 1 heterocycles. The number of para-hydroxylation sites is 1. The van der Waals surface area contributed by atoms with E-state index in [1.807, 2.05) is 39.0 Å². The third-order valence-corrected chi connectivity index (χ3v) is 3.35. The number of ether oxygens (including phenoxy) is 1. The molecule has 0 atom stereocenters. The molecule has 0 unspecified atom stereocenters. The molecule has 5 heteroatoms. The highest BCUT2D eigenvalue weighted by Crippen LogP contribution is 2.30. The van der Waals surface area contributed by atoms with Gasteiger partial charge in [0.15, 0.2) is 0 Å². The molecule has 1 aliphatic rings. The molecule has 0 bridgehead atoms. The molecule has 1 aromatic carbocycles. The molecule has 114 valence electrons. The normalized spacial score (nSPS) is 15.6. The molecule has 0 saturated heterocycles. The minimum atomic E-state index is -0.473. The Morgan fingerprint density at radius 2 is 2.00 bits per heavy atom. The Balaban J connectivity index is 2.09. The summed E-state index contributed by atoms with van der Waals surface area (Å²) in [6, 6.07) is 5.64. The summed E-state index contributed by atoms with van der Waals surface area (Å²) in [4.78, 5) is 13.7. The number of nitrogen functional groups attached to an aromatic ring is 2. The van der Waals surface area contributed by atoms with Crippen LogP contribution >= 0.6 is 0 Å². The van der Waals surface area contributed by atoms with Crippen LogP contribution in [-0.4, -0.2) is 29.7 Å². The first kappa shape index (κ1) is 15.2. The van der Waals surface area contributed by atoms with Crippen molar-refractivity contribution in [3.05, 3.63) is 29.8 Å². The van der Waals surface area contributed by atoms with E-state index in [2.05, 4.69) is 0 Å². The standard InChI is InChI=1S/C16H23N3O2/c1-16(2,3)21-15(20)19-9-7-11(8-10-19)12-5-4-6-13(17)14(12)18/h4-7H,8-10,17-18H2,1-3H3. The van der Waals surface area contributed by atoms with Crippen LogP contribution in [0.3, 0.4) is 0 Å². The van der Waals surface area contributed by atoms with E-state index in [4.69, 9.17) is 16.2 Å². The number of rotatable bonds is 1. The second-order valence-electron chi connectivity index (χ2n) is 6.21. The summed E-state index contributed by atoms with van der Waals surface area (Å²) in [5, 5.41) is 0. The van der Waals surface area contributed by atoms with Crippen LogP contribution in [-0.2, 0) is 4.74 Å². The minimum absolute atomic E-state index is 0.279. The fraction of sp³-hybridized carbons (Fsp3) is 0.438. The first-order chi connectivity index (χ1) is 9.78. The zero-order valence-electron chi connectivity index (χ0n) is 12.8. The maximum Gasteiger partial charge on any atom is 0.410 e. The van der Waals surface area contributed by atoms with Gasteiger partial charge in [0.2, 0.25) is 0 Å². The molecule has 0 fully saturated rings. The number of amides is 1. The van der Waals surface area contributed by atoms with E-state index in [-0.39, 0.29) is 6.09 Å². The Labute approximate surface area is 125 Å². The Hall–Kier alpha value is -2.17. The van der Waals surface area contributed by atoms with E-state index in [0.29, 0.717) is 24.5 Å². The highest BCUT2D eigenvalue weighted by Gasteiger charge is 2.24.